The van der Waals surface area contributed by atoms with Gasteiger partial charge in [-0.2, -0.15) is 0 Å². The van der Waals surface area contributed by atoms with Crippen molar-refractivity contribution in [3.05, 3.63) is 53.7 Å². The molecule has 0 saturated carbocycles. The fourth-order valence-corrected chi connectivity index (χ4v) is 2.31. The van der Waals surface area contributed by atoms with Crippen LogP contribution in [0.15, 0.2) is 42.7 Å². The summed E-state index contributed by atoms with van der Waals surface area (Å²) >= 11 is 6.07. The van der Waals surface area contributed by atoms with Crippen molar-refractivity contribution in [1.82, 2.24) is 15.0 Å². The van der Waals surface area contributed by atoms with Crippen LogP contribution in [0.5, 0.6) is 0 Å². The van der Waals surface area contributed by atoms with Gasteiger partial charge in [0.15, 0.2) is 0 Å². The largest absolute Gasteiger partial charge is 0.264 e. The second-order valence-electron chi connectivity index (χ2n) is 4.25. The van der Waals surface area contributed by atoms with E-state index in [0.717, 1.165) is 34.3 Å². The van der Waals surface area contributed by atoms with Gasteiger partial charge in [0.2, 0.25) is 0 Å². The summed E-state index contributed by atoms with van der Waals surface area (Å²) in [4.78, 5) is 12.9. The van der Waals surface area contributed by atoms with Gasteiger partial charge in [0.1, 0.15) is 11.0 Å². The maximum atomic E-state index is 6.07. The average Bonchev–Trinajstić information content (AvgIpc) is 2.46. The highest BCUT2D eigenvalue weighted by Crippen LogP contribution is 2.27. The molecular weight excluding hydrogens is 258 g/mol. The van der Waals surface area contributed by atoms with Crippen LogP contribution in [0.1, 0.15) is 12.7 Å². The second kappa shape index (κ2) is 4.94. The van der Waals surface area contributed by atoms with Crippen molar-refractivity contribution in [3.63, 3.8) is 0 Å². The van der Waals surface area contributed by atoms with Crippen LogP contribution in [0, 0.1) is 0 Å². The first kappa shape index (κ1) is 12.1. The first-order valence-electron chi connectivity index (χ1n) is 6.14. The summed E-state index contributed by atoms with van der Waals surface area (Å²) in [7, 11) is 0. The summed E-state index contributed by atoms with van der Waals surface area (Å²) in [6.07, 6.45) is 4.40. The Morgan fingerprint density at radius 2 is 2.05 bits per heavy atom. The van der Waals surface area contributed by atoms with E-state index in [2.05, 4.69) is 15.0 Å². The van der Waals surface area contributed by atoms with Crippen LogP contribution in [-0.4, -0.2) is 15.0 Å². The second-order valence-corrected chi connectivity index (χ2v) is 4.64. The quantitative estimate of drug-likeness (QED) is 0.662. The van der Waals surface area contributed by atoms with E-state index < -0.39 is 0 Å². The molecule has 0 fully saturated rings. The highest BCUT2D eigenvalue weighted by atomic mass is 35.5. The van der Waals surface area contributed by atoms with Crippen molar-refractivity contribution in [2.24, 2.45) is 0 Å². The monoisotopic (exact) mass is 269 g/mol. The molecule has 2 aromatic heterocycles. The van der Waals surface area contributed by atoms with E-state index >= 15 is 0 Å². The lowest BCUT2D eigenvalue weighted by Crippen LogP contribution is -1.96. The van der Waals surface area contributed by atoms with Crippen molar-refractivity contribution in [3.8, 4) is 11.3 Å². The van der Waals surface area contributed by atoms with E-state index in [0.29, 0.717) is 5.15 Å². The summed E-state index contributed by atoms with van der Waals surface area (Å²) < 4.78 is 0. The van der Waals surface area contributed by atoms with Crippen LogP contribution >= 0.6 is 11.6 Å². The number of aryl methyl sites for hydroxylation is 1. The van der Waals surface area contributed by atoms with Crippen LogP contribution < -0.4 is 0 Å². The van der Waals surface area contributed by atoms with E-state index in [9.17, 15) is 0 Å². The minimum atomic E-state index is 0.480. The summed E-state index contributed by atoms with van der Waals surface area (Å²) in [5.41, 5.74) is 1.91. The van der Waals surface area contributed by atoms with E-state index in [1.54, 1.807) is 12.3 Å². The SMILES string of the molecule is CCc1nc(Cl)cc(-c2cccc3cnccc23)n1. The molecule has 0 aliphatic rings. The van der Waals surface area contributed by atoms with Crippen LogP contribution in [0.2, 0.25) is 5.15 Å². The number of aromatic nitrogens is 3. The van der Waals surface area contributed by atoms with Gasteiger partial charge >= 0.3 is 0 Å². The molecule has 4 heteroatoms. The predicted molar refractivity (Wildman–Crippen MR) is 77.2 cm³/mol. The number of nitrogens with zero attached hydrogens (tertiary/aromatic N) is 3. The fraction of sp³-hybridized carbons (Fsp3) is 0.133. The minimum Gasteiger partial charge on any atom is -0.264 e. The lowest BCUT2D eigenvalue weighted by atomic mass is 10.0. The number of hydrogen-bond acceptors (Lipinski definition) is 3. The maximum Gasteiger partial charge on any atom is 0.133 e. The Kier molecular flexibility index (Phi) is 3.13. The Morgan fingerprint density at radius 1 is 1.16 bits per heavy atom. The number of rotatable bonds is 2. The molecule has 0 amide bonds. The number of halogens is 1. The van der Waals surface area contributed by atoms with Gasteiger partial charge in [-0.25, -0.2) is 9.97 Å². The van der Waals surface area contributed by atoms with Crippen molar-refractivity contribution in [2.75, 3.05) is 0 Å². The van der Waals surface area contributed by atoms with Gasteiger partial charge in [0, 0.05) is 35.8 Å². The number of fused-ring (bicyclic) bond motifs is 1. The highest BCUT2D eigenvalue weighted by molar-refractivity contribution is 6.29. The molecular formula is C15H12ClN3. The molecule has 3 rings (SSSR count). The number of hydrogen-bond donors (Lipinski definition) is 0. The molecule has 0 saturated heterocycles. The third-order valence-electron chi connectivity index (χ3n) is 3.01. The van der Waals surface area contributed by atoms with Gasteiger partial charge in [-0.1, -0.05) is 36.7 Å². The Bertz CT molecular complexity index is 735. The highest BCUT2D eigenvalue weighted by Gasteiger charge is 2.08. The first-order valence-corrected chi connectivity index (χ1v) is 6.52. The molecule has 3 nitrogen and oxygen atoms in total. The molecule has 0 spiro atoms. The third kappa shape index (κ3) is 2.29. The first-order chi connectivity index (χ1) is 9.28. The van der Waals surface area contributed by atoms with Gasteiger partial charge < -0.3 is 0 Å². The van der Waals surface area contributed by atoms with E-state index in [-0.39, 0.29) is 0 Å². The molecule has 2 heterocycles. The van der Waals surface area contributed by atoms with Crippen LogP contribution in [0.3, 0.4) is 0 Å². The molecule has 0 aliphatic heterocycles. The molecule has 0 unspecified atom stereocenters. The van der Waals surface area contributed by atoms with E-state index in [1.807, 2.05) is 37.4 Å². The molecule has 94 valence electrons. The van der Waals surface area contributed by atoms with Gasteiger partial charge in [-0.05, 0) is 11.5 Å². The zero-order chi connectivity index (χ0) is 13.2. The Morgan fingerprint density at radius 3 is 2.89 bits per heavy atom. The van der Waals surface area contributed by atoms with E-state index in [4.69, 9.17) is 11.6 Å². The van der Waals surface area contributed by atoms with Gasteiger partial charge in [-0.3, -0.25) is 4.98 Å². The zero-order valence-corrected chi connectivity index (χ0v) is 11.2. The number of pyridine rings is 1. The Hall–Kier alpha value is -2.00. The van der Waals surface area contributed by atoms with Crippen LogP contribution in [0.25, 0.3) is 22.0 Å². The normalized spacial score (nSPS) is 10.8. The molecule has 0 atom stereocenters. The molecule has 3 aromatic rings. The fourth-order valence-electron chi connectivity index (χ4n) is 2.11. The molecule has 1 aromatic carbocycles. The third-order valence-corrected chi connectivity index (χ3v) is 3.21. The molecule has 0 N–H and O–H groups in total. The van der Waals surface area contributed by atoms with Crippen LogP contribution in [0.4, 0.5) is 0 Å². The predicted octanol–water partition coefficient (Wildman–Crippen LogP) is 3.91. The zero-order valence-electron chi connectivity index (χ0n) is 10.5. The molecule has 0 radical (unpaired) electrons. The lowest BCUT2D eigenvalue weighted by molar-refractivity contribution is 0.944. The molecule has 0 bridgehead atoms. The smallest absolute Gasteiger partial charge is 0.133 e. The van der Waals surface area contributed by atoms with Crippen molar-refractivity contribution in [2.45, 2.75) is 13.3 Å². The molecule has 19 heavy (non-hydrogen) atoms. The summed E-state index contributed by atoms with van der Waals surface area (Å²) in [5.74, 6) is 0.758. The minimum absolute atomic E-state index is 0.480. The Labute approximate surface area is 116 Å². The van der Waals surface area contributed by atoms with Crippen molar-refractivity contribution < 1.29 is 0 Å². The topological polar surface area (TPSA) is 38.7 Å². The van der Waals surface area contributed by atoms with Gasteiger partial charge in [0.25, 0.3) is 0 Å². The molecule has 0 aliphatic carbocycles. The maximum absolute atomic E-state index is 6.07. The van der Waals surface area contributed by atoms with Crippen molar-refractivity contribution in [1.29, 1.82) is 0 Å². The average molecular weight is 270 g/mol. The van der Waals surface area contributed by atoms with Crippen molar-refractivity contribution >= 4 is 22.4 Å². The summed E-state index contributed by atoms with van der Waals surface area (Å²) in [5, 5.41) is 2.69. The van der Waals surface area contributed by atoms with E-state index in [1.165, 1.54) is 0 Å². The number of benzene rings is 1. The Balaban J connectivity index is 2.27. The summed E-state index contributed by atoms with van der Waals surface area (Å²) in [6, 6.07) is 9.87. The lowest BCUT2D eigenvalue weighted by Gasteiger charge is -2.07. The van der Waals surface area contributed by atoms with Crippen LogP contribution in [-0.2, 0) is 6.42 Å². The van der Waals surface area contributed by atoms with Gasteiger partial charge in [0.05, 0.1) is 5.69 Å². The standard InChI is InChI=1S/C15H12ClN3/c1-2-15-18-13(8-14(16)19-15)12-5-3-4-10-9-17-7-6-11(10)12/h3-9H,2H2,1H3. The summed E-state index contributed by atoms with van der Waals surface area (Å²) in [6.45, 7) is 2.02. The van der Waals surface area contributed by atoms with Gasteiger partial charge in [-0.15, -0.1) is 0 Å².